The molecule has 0 unspecified atom stereocenters. The Bertz CT molecular complexity index is 429. The number of rotatable bonds is 3. The molecule has 0 aliphatic carbocycles. The smallest absolute Gasteiger partial charge is 0.308 e. The van der Waals surface area contributed by atoms with Crippen LogP contribution in [0.5, 0.6) is 5.75 Å². The van der Waals surface area contributed by atoms with Crippen molar-refractivity contribution in [1.82, 2.24) is 0 Å². The second kappa shape index (κ2) is 4.27. The minimum atomic E-state index is -0.707. The summed E-state index contributed by atoms with van der Waals surface area (Å²) in [6.45, 7) is 1.15. The van der Waals surface area contributed by atoms with Gasteiger partial charge in [-0.1, -0.05) is 0 Å². The molecule has 7 heteroatoms. The molecule has 0 atom stereocenters. The molecule has 0 aromatic heterocycles. The molecule has 0 fully saturated rings. The lowest BCUT2D eigenvalue weighted by atomic mass is 10.2. The normalized spacial score (nSPS) is 9.40. The standard InChI is InChI=1S/C8H6N2O5/c1-5(11)15-8-3-6(9-12)2-7(4-8)10(13)14/h2-4H,1H3. The number of nitro groups is 1. The first-order valence-corrected chi connectivity index (χ1v) is 3.84. The van der Waals surface area contributed by atoms with E-state index in [0.717, 1.165) is 25.1 Å². The summed E-state index contributed by atoms with van der Waals surface area (Å²) in [5, 5.41) is 13.0. The topological polar surface area (TPSA) is 98.9 Å². The van der Waals surface area contributed by atoms with Crippen LogP contribution in [0.1, 0.15) is 6.92 Å². The zero-order chi connectivity index (χ0) is 11.4. The number of nitroso groups, excluding NO2 is 1. The van der Waals surface area contributed by atoms with Gasteiger partial charge in [0.05, 0.1) is 11.0 Å². The highest BCUT2D eigenvalue weighted by atomic mass is 16.6. The quantitative estimate of drug-likeness (QED) is 0.249. The van der Waals surface area contributed by atoms with Crippen LogP contribution >= 0.6 is 0 Å². The van der Waals surface area contributed by atoms with Crippen molar-refractivity contribution in [1.29, 1.82) is 0 Å². The van der Waals surface area contributed by atoms with Gasteiger partial charge in [-0.3, -0.25) is 14.9 Å². The molecule has 0 saturated carbocycles. The van der Waals surface area contributed by atoms with Crippen LogP contribution in [0.15, 0.2) is 23.4 Å². The third-order valence-corrected chi connectivity index (χ3v) is 1.45. The number of hydrogen-bond donors (Lipinski definition) is 0. The molecule has 0 heterocycles. The Morgan fingerprint density at radius 3 is 2.60 bits per heavy atom. The van der Waals surface area contributed by atoms with Crippen molar-refractivity contribution < 1.29 is 14.5 Å². The van der Waals surface area contributed by atoms with E-state index < -0.39 is 10.9 Å². The fourth-order valence-electron chi connectivity index (χ4n) is 0.951. The Hall–Kier alpha value is -2.31. The van der Waals surface area contributed by atoms with Gasteiger partial charge >= 0.3 is 5.97 Å². The monoisotopic (exact) mass is 210 g/mol. The summed E-state index contributed by atoms with van der Waals surface area (Å²) in [5.74, 6) is -0.710. The van der Waals surface area contributed by atoms with Crippen molar-refractivity contribution in [2.24, 2.45) is 5.18 Å². The summed E-state index contributed by atoms with van der Waals surface area (Å²) < 4.78 is 4.61. The second-order valence-electron chi connectivity index (χ2n) is 2.63. The van der Waals surface area contributed by atoms with Crippen LogP contribution in [0.25, 0.3) is 0 Å². The fraction of sp³-hybridized carbons (Fsp3) is 0.125. The largest absolute Gasteiger partial charge is 0.426 e. The first-order chi connectivity index (χ1) is 7.02. The maximum Gasteiger partial charge on any atom is 0.308 e. The van der Waals surface area contributed by atoms with Gasteiger partial charge in [-0.25, -0.2) is 0 Å². The van der Waals surface area contributed by atoms with E-state index in [1.54, 1.807) is 0 Å². The van der Waals surface area contributed by atoms with Crippen LogP contribution in [0.2, 0.25) is 0 Å². The summed E-state index contributed by atoms with van der Waals surface area (Å²) in [6.07, 6.45) is 0. The molecule has 1 rings (SSSR count). The number of carbonyl (C=O) groups is 1. The molecule has 0 N–H and O–H groups in total. The molecule has 1 aromatic carbocycles. The minimum absolute atomic E-state index is 0.0775. The number of nitrogens with zero attached hydrogens (tertiary/aromatic N) is 2. The SMILES string of the molecule is CC(=O)Oc1cc(N=O)cc([N+](=O)[O-])c1. The first-order valence-electron chi connectivity index (χ1n) is 3.84. The van der Waals surface area contributed by atoms with Gasteiger partial charge in [0.1, 0.15) is 11.4 Å². The molecule has 15 heavy (non-hydrogen) atoms. The van der Waals surface area contributed by atoms with E-state index in [4.69, 9.17) is 0 Å². The van der Waals surface area contributed by atoms with Gasteiger partial charge in [0.25, 0.3) is 5.69 Å². The third-order valence-electron chi connectivity index (χ3n) is 1.45. The highest BCUT2D eigenvalue weighted by Crippen LogP contribution is 2.27. The molecule has 1 aromatic rings. The summed E-state index contributed by atoms with van der Waals surface area (Å²) in [5.41, 5.74) is -0.524. The minimum Gasteiger partial charge on any atom is -0.426 e. The van der Waals surface area contributed by atoms with Crippen molar-refractivity contribution in [3.63, 3.8) is 0 Å². The number of esters is 1. The molecule has 0 aliphatic heterocycles. The van der Waals surface area contributed by atoms with Crippen LogP contribution in [-0.4, -0.2) is 10.9 Å². The molecular weight excluding hydrogens is 204 g/mol. The van der Waals surface area contributed by atoms with Crippen molar-refractivity contribution in [3.05, 3.63) is 33.2 Å². The van der Waals surface area contributed by atoms with Crippen LogP contribution in [0.3, 0.4) is 0 Å². The van der Waals surface area contributed by atoms with Gasteiger partial charge in [-0.2, -0.15) is 0 Å². The van der Waals surface area contributed by atoms with Crippen molar-refractivity contribution in [2.75, 3.05) is 0 Å². The van der Waals surface area contributed by atoms with E-state index in [9.17, 15) is 19.8 Å². The van der Waals surface area contributed by atoms with Gasteiger partial charge in [0, 0.05) is 19.1 Å². The van der Waals surface area contributed by atoms with E-state index >= 15 is 0 Å². The molecule has 0 spiro atoms. The Kier molecular flexibility index (Phi) is 3.06. The Labute approximate surface area is 83.8 Å². The van der Waals surface area contributed by atoms with E-state index in [1.807, 2.05) is 0 Å². The van der Waals surface area contributed by atoms with Crippen LogP contribution < -0.4 is 4.74 Å². The van der Waals surface area contributed by atoms with Crippen LogP contribution in [0.4, 0.5) is 11.4 Å². The average Bonchev–Trinajstić information content (AvgIpc) is 2.16. The van der Waals surface area contributed by atoms with Gasteiger partial charge in [-0.15, -0.1) is 4.91 Å². The lowest BCUT2D eigenvalue weighted by Crippen LogP contribution is -2.01. The highest BCUT2D eigenvalue weighted by molar-refractivity contribution is 5.70. The molecule has 78 valence electrons. The average molecular weight is 210 g/mol. The summed E-state index contributed by atoms with van der Waals surface area (Å²) in [4.78, 5) is 30.5. The summed E-state index contributed by atoms with van der Waals surface area (Å²) in [7, 11) is 0. The maximum absolute atomic E-state index is 10.6. The highest BCUT2D eigenvalue weighted by Gasteiger charge is 2.11. The van der Waals surface area contributed by atoms with E-state index in [0.29, 0.717) is 0 Å². The zero-order valence-corrected chi connectivity index (χ0v) is 7.67. The van der Waals surface area contributed by atoms with Crippen molar-refractivity contribution in [3.8, 4) is 5.75 Å². The van der Waals surface area contributed by atoms with Gasteiger partial charge in [0.15, 0.2) is 0 Å². The predicted octanol–water partition coefficient (Wildman–Crippen LogP) is 1.92. The van der Waals surface area contributed by atoms with E-state index in [2.05, 4.69) is 9.91 Å². The lowest BCUT2D eigenvalue weighted by molar-refractivity contribution is -0.384. The maximum atomic E-state index is 10.6. The van der Waals surface area contributed by atoms with Gasteiger partial charge in [0.2, 0.25) is 0 Å². The van der Waals surface area contributed by atoms with E-state index in [1.165, 1.54) is 0 Å². The van der Waals surface area contributed by atoms with Crippen molar-refractivity contribution in [2.45, 2.75) is 6.92 Å². The number of carbonyl (C=O) groups excluding carboxylic acids is 1. The molecule has 0 bridgehead atoms. The summed E-state index contributed by atoms with van der Waals surface area (Å²) in [6, 6.07) is 3.16. The zero-order valence-electron chi connectivity index (χ0n) is 7.67. The molecule has 0 saturated heterocycles. The second-order valence-corrected chi connectivity index (χ2v) is 2.63. The van der Waals surface area contributed by atoms with Gasteiger partial charge < -0.3 is 4.74 Å². The van der Waals surface area contributed by atoms with Crippen LogP contribution in [0, 0.1) is 15.0 Å². The predicted molar refractivity (Wildman–Crippen MR) is 49.9 cm³/mol. The summed E-state index contributed by atoms with van der Waals surface area (Å²) >= 11 is 0. The molecule has 0 radical (unpaired) electrons. The first kappa shape index (κ1) is 10.8. The molecular formula is C8H6N2O5. The Morgan fingerprint density at radius 1 is 1.47 bits per heavy atom. The Balaban J connectivity index is 3.16. The van der Waals surface area contributed by atoms with Gasteiger partial charge in [-0.05, 0) is 5.18 Å². The van der Waals surface area contributed by atoms with Crippen LogP contribution in [-0.2, 0) is 4.79 Å². The molecule has 0 amide bonds. The lowest BCUT2D eigenvalue weighted by Gasteiger charge is -2.00. The van der Waals surface area contributed by atoms with Crippen molar-refractivity contribution >= 4 is 17.3 Å². The number of ether oxygens (including phenoxy) is 1. The number of non-ortho nitro benzene ring substituents is 1. The number of hydrogen-bond acceptors (Lipinski definition) is 6. The molecule has 7 nitrogen and oxygen atoms in total. The third kappa shape index (κ3) is 2.83. The Morgan fingerprint density at radius 2 is 2.13 bits per heavy atom. The number of benzene rings is 1. The molecule has 0 aliphatic rings. The van der Waals surface area contributed by atoms with E-state index in [-0.39, 0.29) is 17.1 Å². The fourth-order valence-corrected chi connectivity index (χ4v) is 0.951. The number of nitro benzene ring substituents is 1.